The lowest BCUT2D eigenvalue weighted by Crippen LogP contribution is -2.32. The van der Waals surface area contributed by atoms with Crippen LogP contribution in [0.2, 0.25) is 0 Å². The molecule has 1 rings (SSSR count). The number of rotatable bonds is 7. The average molecular weight is 238 g/mol. The van der Waals surface area contributed by atoms with Crippen molar-refractivity contribution in [3.05, 3.63) is 11.6 Å². The molecule has 0 aromatic heterocycles. The molecule has 3 heteroatoms. The van der Waals surface area contributed by atoms with Crippen LogP contribution >= 0.6 is 0 Å². The van der Waals surface area contributed by atoms with Crippen molar-refractivity contribution < 1.29 is 4.79 Å². The van der Waals surface area contributed by atoms with Crippen LogP contribution in [0.3, 0.4) is 0 Å². The van der Waals surface area contributed by atoms with Crippen LogP contribution in [-0.2, 0) is 4.79 Å². The quantitative estimate of drug-likeness (QED) is 0.670. The van der Waals surface area contributed by atoms with E-state index >= 15 is 0 Å². The maximum absolute atomic E-state index is 11.6. The molecule has 1 unspecified atom stereocenters. The van der Waals surface area contributed by atoms with Crippen LogP contribution in [0.5, 0.6) is 0 Å². The first-order chi connectivity index (χ1) is 8.22. The molecule has 0 bridgehead atoms. The third-order valence-electron chi connectivity index (χ3n) is 3.26. The van der Waals surface area contributed by atoms with Crippen molar-refractivity contribution in [1.29, 1.82) is 0 Å². The average Bonchev–Trinajstić information content (AvgIpc) is 2.30. The Balaban J connectivity index is 2.09. The molecule has 98 valence electrons. The molecule has 1 aliphatic carbocycles. The molecule has 0 spiro atoms. The van der Waals surface area contributed by atoms with Crippen molar-refractivity contribution in [2.75, 3.05) is 6.54 Å². The molecule has 0 saturated heterocycles. The lowest BCUT2D eigenvalue weighted by atomic mass is 9.97. The fraction of sp³-hybridized carbons (Fsp3) is 0.786. The third kappa shape index (κ3) is 6.47. The van der Waals surface area contributed by atoms with E-state index in [-0.39, 0.29) is 11.9 Å². The van der Waals surface area contributed by atoms with Crippen molar-refractivity contribution >= 4 is 5.91 Å². The van der Waals surface area contributed by atoms with E-state index in [1.807, 2.05) is 0 Å². The van der Waals surface area contributed by atoms with Gasteiger partial charge in [-0.05, 0) is 38.5 Å². The number of nitrogens with one attached hydrogen (secondary N) is 1. The number of allylic oxidation sites excluding steroid dienone is 1. The predicted molar refractivity (Wildman–Crippen MR) is 71.7 cm³/mol. The molecule has 0 radical (unpaired) electrons. The second-order valence-corrected chi connectivity index (χ2v) is 4.96. The summed E-state index contributed by atoms with van der Waals surface area (Å²) in [6.07, 6.45) is 10.8. The van der Waals surface area contributed by atoms with Crippen LogP contribution in [0.15, 0.2) is 11.6 Å². The molecule has 1 atom stereocenters. The van der Waals surface area contributed by atoms with Crippen molar-refractivity contribution in [1.82, 2.24) is 5.32 Å². The highest BCUT2D eigenvalue weighted by Gasteiger charge is 2.08. The first-order valence-corrected chi connectivity index (χ1v) is 6.92. The zero-order chi connectivity index (χ0) is 12.5. The van der Waals surface area contributed by atoms with Crippen LogP contribution < -0.4 is 11.1 Å². The minimum absolute atomic E-state index is 0.0221. The standard InChI is InChI=1S/C14H26N2O/c1-2-6-13(15)11-14(17)16-10-9-12-7-4-3-5-8-12/h7,13H,2-6,8-11,15H2,1H3,(H,16,17). The van der Waals surface area contributed by atoms with Crippen LogP contribution in [-0.4, -0.2) is 18.5 Å². The van der Waals surface area contributed by atoms with Gasteiger partial charge in [0.1, 0.15) is 0 Å². The van der Waals surface area contributed by atoms with Gasteiger partial charge in [0.05, 0.1) is 0 Å². The van der Waals surface area contributed by atoms with Gasteiger partial charge >= 0.3 is 0 Å². The molecule has 3 N–H and O–H groups in total. The van der Waals surface area contributed by atoms with E-state index in [2.05, 4.69) is 18.3 Å². The Labute approximate surface area is 105 Å². The van der Waals surface area contributed by atoms with Crippen molar-refractivity contribution in [2.45, 2.75) is 64.3 Å². The highest BCUT2D eigenvalue weighted by molar-refractivity contribution is 5.76. The van der Waals surface area contributed by atoms with E-state index in [9.17, 15) is 4.79 Å². The molecule has 1 amide bonds. The highest BCUT2D eigenvalue weighted by Crippen LogP contribution is 2.19. The first kappa shape index (κ1) is 14.2. The van der Waals surface area contributed by atoms with Gasteiger partial charge in [0.2, 0.25) is 5.91 Å². The number of hydrogen-bond acceptors (Lipinski definition) is 2. The normalized spacial score (nSPS) is 17.4. The van der Waals surface area contributed by atoms with E-state index in [1.165, 1.54) is 31.3 Å². The fourth-order valence-corrected chi connectivity index (χ4v) is 2.28. The maximum atomic E-state index is 11.6. The van der Waals surface area contributed by atoms with Crippen LogP contribution in [0.4, 0.5) is 0 Å². The summed E-state index contributed by atoms with van der Waals surface area (Å²) >= 11 is 0. The summed E-state index contributed by atoms with van der Waals surface area (Å²) in [6.45, 7) is 2.86. The minimum atomic E-state index is 0.0221. The number of amides is 1. The van der Waals surface area contributed by atoms with Crippen LogP contribution in [0.1, 0.15) is 58.3 Å². The van der Waals surface area contributed by atoms with Gasteiger partial charge in [0, 0.05) is 19.0 Å². The smallest absolute Gasteiger partial charge is 0.221 e. The molecular weight excluding hydrogens is 212 g/mol. The second kappa shape index (κ2) is 8.29. The zero-order valence-electron chi connectivity index (χ0n) is 11.0. The van der Waals surface area contributed by atoms with Gasteiger partial charge in [-0.2, -0.15) is 0 Å². The third-order valence-corrected chi connectivity index (χ3v) is 3.26. The van der Waals surface area contributed by atoms with E-state index < -0.39 is 0 Å². The number of carbonyl (C=O) groups is 1. The van der Waals surface area contributed by atoms with Gasteiger partial charge < -0.3 is 11.1 Å². The summed E-state index contributed by atoms with van der Waals surface area (Å²) in [7, 11) is 0. The van der Waals surface area contributed by atoms with Gasteiger partial charge in [-0.1, -0.05) is 25.0 Å². The maximum Gasteiger partial charge on any atom is 0.221 e. The monoisotopic (exact) mass is 238 g/mol. The Kier molecular flexibility index (Phi) is 6.94. The lowest BCUT2D eigenvalue weighted by Gasteiger charge is -2.14. The summed E-state index contributed by atoms with van der Waals surface area (Å²) in [5.74, 6) is 0.0994. The van der Waals surface area contributed by atoms with Crippen LogP contribution in [0.25, 0.3) is 0 Å². The molecular formula is C14H26N2O. The SMILES string of the molecule is CCCC(N)CC(=O)NCCC1=CCCCC1. The summed E-state index contributed by atoms with van der Waals surface area (Å²) in [5, 5.41) is 2.96. The Morgan fingerprint density at radius 1 is 1.53 bits per heavy atom. The predicted octanol–water partition coefficient (Wildman–Crippen LogP) is 2.51. The minimum Gasteiger partial charge on any atom is -0.356 e. The number of hydrogen-bond donors (Lipinski definition) is 2. The zero-order valence-corrected chi connectivity index (χ0v) is 11.0. The molecule has 0 heterocycles. The van der Waals surface area contributed by atoms with E-state index in [4.69, 9.17) is 5.73 Å². The van der Waals surface area contributed by atoms with Gasteiger partial charge in [-0.25, -0.2) is 0 Å². The van der Waals surface area contributed by atoms with Crippen LogP contribution in [0, 0.1) is 0 Å². The number of nitrogens with two attached hydrogens (primary N) is 1. The Hall–Kier alpha value is -0.830. The van der Waals surface area contributed by atoms with Crippen molar-refractivity contribution in [3.63, 3.8) is 0 Å². The molecule has 3 nitrogen and oxygen atoms in total. The van der Waals surface area contributed by atoms with Gasteiger partial charge in [0.25, 0.3) is 0 Å². The Morgan fingerprint density at radius 2 is 2.35 bits per heavy atom. The second-order valence-electron chi connectivity index (χ2n) is 4.96. The van der Waals surface area contributed by atoms with Gasteiger partial charge in [-0.15, -0.1) is 0 Å². The first-order valence-electron chi connectivity index (χ1n) is 6.92. The largest absolute Gasteiger partial charge is 0.356 e. The Morgan fingerprint density at radius 3 is 3.00 bits per heavy atom. The van der Waals surface area contributed by atoms with Gasteiger partial charge in [0.15, 0.2) is 0 Å². The molecule has 17 heavy (non-hydrogen) atoms. The summed E-state index contributed by atoms with van der Waals surface area (Å²) < 4.78 is 0. The van der Waals surface area contributed by atoms with Crippen molar-refractivity contribution in [3.8, 4) is 0 Å². The molecule has 0 saturated carbocycles. The van der Waals surface area contributed by atoms with E-state index in [1.54, 1.807) is 0 Å². The van der Waals surface area contributed by atoms with Crippen molar-refractivity contribution in [2.24, 2.45) is 5.73 Å². The Bertz CT molecular complexity index is 261. The summed E-state index contributed by atoms with van der Waals surface area (Å²) in [4.78, 5) is 11.6. The topological polar surface area (TPSA) is 55.1 Å². The van der Waals surface area contributed by atoms with Gasteiger partial charge in [-0.3, -0.25) is 4.79 Å². The summed E-state index contributed by atoms with van der Waals surface area (Å²) in [6, 6.07) is 0.0221. The highest BCUT2D eigenvalue weighted by atomic mass is 16.1. The molecule has 1 aliphatic rings. The molecule has 0 aliphatic heterocycles. The fourth-order valence-electron chi connectivity index (χ4n) is 2.28. The van der Waals surface area contributed by atoms with E-state index in [0.717, 1.165) is 25.8 Å². The lowest BCUT2D eigenvalue weighted by molar-refractivity contribution is -0.121. The molecule has 0 fully saturated rings. The van der Waals surface area contributed by atoms with E-state index in [0.29, 0.717) is 6.42 Å². The number of carbonyl (C=O) groups excluding carboxylic acids is 1. The molecule has 0 aromatic rings. The summed E-state index contributed by atoms with van der Waals surface area (Å²) in [5.41, 5.74) is 7.34. The molecule has 0 aromatic carbocycles.